The number of carbonyl (C=O) groups is 1. The molecule has 0 aliphatic carbocycles. The van der Waals surface area contributed by atoms with Crippen LogP contribution >= 0.6 is 0 Å². The van der Waals surface area contributed by atoms with E-state index in [1.165, 1.54) is 19.3 Å². The van der Waals surface area contributed by atoms with Crippen LogP contribution in [0.4, 0.5) is 0 Å². The Labute approximate surface area is 111 Å². The number of carbonyl (C=O) groups excluding carboxylic acids is 1. The lowest BCUT2D eigenvalue weighted by molar-refractivity contribution is -0.123. The average molecular weight is 255 g/mol. The maximum Gasteiger partial charge on any atom is 0.234 e. The van der Waals surface area contributed by atoms with Crippen LogP contribution in [0.5, 0.6) is 0 Å². The largest absolute Gasteiger partial charge is 0.350 e. The molecule has 0 aromatic rings. The first kappa shape index (κ1) is 15.4. The first-order valence-electron chi connectivity index (χ1n) is 7.10. The third kappa shape index (κ3) is 6.97. The van der Waals surface area contributed by atoms with Crippen LogP contribution in [0.25, 0.3) is 0 Å². The van der Waals surface area contributed by atoms with Gasteiger partial charge in [-0.1, -0.05) is 6.42 Å². The Morgan fingerprint density at radius 2 is 2.11 bits per heavy atom. The number of likely N-dealkylation sites (N-methyl/N-ethyl adjacent to an activating group) is 1. The van der Waals surface area contributed by atoms with Crippen molar-refractivity contribution < 1.29 is 4.79 Å². The van der Waals surface area contributed by atoms with E-state index >= 15 is 0 Å². The molecule has 18 heavy (non-hydrogen) atoms. The maximum atomic E-state index is 11.8. The van der Waals surface area contributed by atoms with Gasteiger partial charge >= 0.3 is 0 Å². The third-order valence-corrected chi connectivity index (χ3v) is 3.20. The molecule has 1 atom stereocenters. The summed E-state index contributed by atoms with van der Waals surface area (Å²) >= 11 is 0. The zero-order valence-corrected chi connectivity index (χ0v) is 12.4. The third-order valence-electron chi connectivity index (χ3n) is 3.20. The Hall–Kier alpha value is -0.610. The van der Waals surface area contributed by atoms with Crippen LogP contribution in [0.3, 0.4) is 0 Å². The van der Waals surface area contributed by atoms with Gasteiger partial charge in [-0.05, 0) is 60.2 Å². The van der Waals surface area contributed by atoms with E-state index in [0.29, 0.717) is 12.6 Å². The predicted octanol–water partition coefficient (Wildman–Crippen LogP) is 1.37. The molecule has 1 rings (SSSR count). The van der Waals surface area contributed by atoms with Crippen molar-refractivity contribution in [2.24, 2.45) is 0 Å². The summed E-state index contributed by atoms with van der Waals surface area (Å²) in [5.41, 5.74) is -0.136. The molecule has 0 aromatic carbocycles. The SMILES string of the molecule is CN(CCC1CCCCN1)CC(=O)NC(C)(C)C. The quantitative estimate of drug-likeness (QED) is 0.780. The first-order chi connectivity index (χ1) is 8.37. The molecule has 4 heteroatoms. The fraction of sp³-hybridized carbons (Fsp3) is 0.929. The van der Waals surface area contributed by atoms with Gasteiger partial charge in [-0.2, -0.15) is 0 Å². The summed E-state index contributed by atoms with van der Waals surface area (Å²) in [7, 11) is 2.02. The van der Waals surface area contributed by atoms with Crippen molar-refractivity contribution in [1.29, 1.82) is 0 Å². The summed E-state index contributed by atoms with van der Waals surface area (Å²) in [6, 6.07) is 0.645. The number of nitrogens with one attached hydrogen (secondary N) is 2. The monoisotopic (exact) mass is 255 g/mol. The van der Waals surface area contributed by atoms with E-state index in [-0.39, 0.29) is 11.4 Å². The molecule has 0 radical (unpaired) electrons. The molecular weight excluding hydrogens is 226 g/mol. The molecule has 0 saturated carbocycles. The topological polar surface area (TPSA) is 44.4 Å². The summed E-state index contributed by atoms with van der Waals surface area (Å²) < 4.78 is 0. The minimum absolute atomic E-state index is 0.113. The van der Waals surface area contributed by atoms with E-state index in [2.05, 4.69) is 15.5 Å². The molecular formula is C14H29N3O. The van der Waals surface area contributed by atoms with Crippen LogP contribution in [-0.4, -0.2) is 49.1 Å². The summed E-state index contributed by atoms with van der Waals surface area (Å²) in [5, 5.41) is 6.53. The lowest BCUT2D eigenvalue weighted by Gasteiger charge is -2.27. The highest BCUT2D eigenvalue weighted by Crippen LogP contribution is 2.10. The van der Waals surface area contributed by atoms with Crippen LogP contribution in [0.1, 0.15) is 46.5 Å². The lowest BCUT2D eigenvalue weighted by atomic mass is 10.0. The van der Waals surface area contributed by atoms with Gasteiger partial charge in [-0.15, -0.1) is 0 Å². The molecule has 1 aliphatic rings. The van der Waals surface area contributed by atoms with Crippen LogP contribution in [-0.2, 0) is 4.79 Å². The van der Waals surface area contributed by atoms with E-state index in [0.717, 1.165) is 19.5 Å². The van der Waals surface area contributed by atoms with E-state index in [9.17, 15) is 4.79 Å². The Kier molecular flexibility index (Phi) is 6.09. The molecule has 1 unspecified atom stereocenters. The van der Waals surface area contributed by atoms with Crippen LogP contribution in [0.15, 0.2) is 0 Å². The fourth-order valence-electron chi connectivity index (χ4n) is 2.33. The molecule has 1 saturated heterocycles. The molecule has 0 bridgehead atoms. The van der Waals surface area contributed by atoms with Crippen LogP contribution < -0.4 is 10.6 Å². The number of hydrogen-bond donors (Lipinski definition) is 2. The Bertz CT molecular complexity index is 254. The van der Waals surface area contributed by atoms with Crippen molar-refractivity contribution in [2.75, 3.05) is 26.7 Å². The van der Waals surface area contributed by atoms with E-state index in [4.69, 9.17) is 0 Å². The van der Waals surface area contributed by atoms with Crippen molar-refractivity contribution in [3.8, 4) is 0 Å². The van der Waals surface area contributed by atoms with Gasteiger partial charge in [0.2, 0.25) is 5.91 Å². The average Bonchev–Trinajstić information content (AvgIpc) is 2.25. The zero-order chi connectivity index (χ0) is 13.6. The van der Waals surface area contributed by atoms with Crippen molar-refractivity contribution >= 4 is 5.91 Å². The summed E-state index contributed by atoms with van der Waals surface area (Å²) in [6.45, 7) is 8.66. The second-order valence-electron chi connectivity index (χ2n) is 6.47. The molecule has 0 spiro atoms. The van der Waals surface area contributed by atoms with E-state index in [1.54, 1.807) is 0 Å². The van der Waals surface area contributed by atoms with Gasteiger partial charge in [-0.25, -0.2) is 0 Å². The molecule has 0 aromatic heterocycles. The summed E-state index contributed by atoms with van der Waals surface area (Å²) in [5.74, 6) is 0.113. The normalized spacial score (nSPS) is 21.1. The molecule has 4 nitrogen and oxygen atoms in total. The van der Waals surface area contributed by atoms with Crippen molar-refractivity contribution in [3.63, 3.8) is 0 Å². The molecule has 1 aliphatic heterocycles. The summed E-state index contributed by atoms with van der Waals surface area (Å²) in [6.07, 6.45) is 5.06. The van der Waals surface area contributed by atoms with Gasteiger partial charge in [0, 0.05) is 11.6 Å². The zero-order valence-electron chi connectivity index (χ0n) is 12.4. The number of amides is 1. The minimum atomic E-state index is -0.136. The number of piperidine rings is 1. The highest BCUT2D eigenvalue weighted by molar-refractivity contribution is 5.78. The number of rotatable bonds is 5. The smallest absolute Gasteiger partial charge is 0.234 e. The molecule has 1 fully saturated rings. The number of hydrogen-bond acceptors (Lipinski definition) is 3. The highest BCUT2D eigenvalue weighted by atomic mass is 16.2. The van der Waals surface area contributed by atoms with E-state index < -0.39 is 0 Å². The first-order valence-corrected chi connectivity index (χ1v) is 7.10. The molecule has 2 N–H and O–H groups in total. The molecule has 106 valence electrons. The second kappa shape index (κ2) is 7.10. The Balaban J connectivity index is 2.16. The minimum Gasteiger partial charge on any atom is -0.350 e. The van der Waals surface area contributed by atoms with Crippen molar-refractivity contribution in [1.82, 2.24) is 15.5 Å². The molecule has 1 amide bonds. The Morgan fingerprint density at radius 1 is 1.39 bits per heavy atom. The lowest BCUT2D eigenvalue weighted by Crippen LogP contribution is -2.46. The highest BCUT2D eigenvalue weighted by Gasteiger charge is 2.16. The second-order valence-corrected chi connectivity index (χ2v) is 6.47. The Morgan fingerprint density at radius 3 is 2.67 bits per heavy atom. The standard InChI is InChI=1S/C14H29N3O/c1-14(2,3)16-13(18)11-17(4)10-8-12-7-5-6-9-15-12/h12,15H,5-11H2,1-4H3,(H,16,18). The van der Waals surface area contributed by atoms with Gasteiger partial charge in [0.15, 0.2) is 0 Å². The predicted molar refractivity (Wildman–Crippen MR) is 75.7 cm³/mol. The number of nitrogens with zero attached hydrogens (tertiary/aromatic N) is 1. The fourth-order valence-corrected chi connectivity index (χ4v) is 2.33. The van der Waals surface area contributed by atoms with Crippen molar-refractivity contribution in [3.05, 3.63) is 0 Å². The van der Waals surface area contributed by atoms with Crippen LogP contribution in [0.2, 0.25) is 0 Å². The van der Waals surface area contributed by atoms with Gasteiger partial charge in [-0.3, -0.25) is 9.69 Å². The van der Waals surface area contributed by atoms with Gasteiger partial charge in [0.25, 0.3) is 0 Å². The van der Waals surface area contributed by atoms with Crippen LogP contribution in [0, 0.1) is 0 Å². The molecule has 1 heterocycles. The van der Waals surface area contributed by atoms with Gasteiger partial charge in [0.1, 0.15) is 0 Å². The van der Waals surface area contributed by atoms with Crippen molar-refractivity contribution in [2.45, 2.75) is 58.0 Å². The van der Waals surface area contributed by atoms with Gasteiger partial charge in [0.05, 0.1) is 6.54 Å². The maximum absolute atomic E-state index is 11.8. The van der Waals surface area contributed by atoms with Gasteiger partial charge < -0.3 is 10.6 Å². The summed E-state index contributed by atoms with van der Waals surface area (Å²) in [4.78, 5) is 13.9. The van der Waals surface area contributed by atoms with E-state index in [1.807, 2.05) is 27.8 Å².